The van der Waals surface area contributed by atoms with E-state index in [1.165, 1.54) is 0 Å². The summed E-state index contributed by atoms with van der Waals surface area (Å²) in [7, 11) is 5.62. The molecule has 2 N–H and O–H groups in total. The van der Waals surface area contributed by atoms with Gasteiger partial charge in [-0.2, -0.15) is 5.10 Å². The molecule has 0 aliphatic rings. The summed E-state index contributed by atoms with van der Waals surface area (Å²) >= 11 is 0. The van der Waals surface area contributed by atoms with Gasteiger partial charge in [0.15, 0.2) is 11.7 Å². The lowest BCUT2D eigenvalue weighted by Crippen LogP contribution is -2.38. The Morgan fingerprint density at radius 1 is 1.48 bits per heavy atom. The molecule has 0 saturated heterocycles. The quantitative estimate of drug-likeness (QED) is 0.344. The highest BCUT2D eigenvalue weighted by Gasteiger charge is 2.11. The van der Waals surface area contributed by atoms with Crippen LogP contribution in [0.1, 0.15) is 11.4 Å². The first kappa shape index (κ1) is 19.0. The van der Waals surface area contributed by atoms with E-state index in [-0.39, 0.29) is 24.0 Å². The minimum Gasteiger partial charge on any atom is -0.461 e. The Balaban J connectivity index is 0.00000225. The van der Waals surface area contributed by atoms with Gasteiger partial charge in [-0.05, 0) is 12.1 Å². The van der Waals surface area contributed by atoms with E-state index in [1.807, 2.05) is 37.5 Å². The zero-order chi connectivity index (χ0) is 16.9. The highest BCUT2D eigenvalue weighted by atomic mass is 127. The number of aryl methyl sites for hydroxylation is 1. The predicted octanol–water partition coefficient (Wildman–Crippen LogP) is 1.62. The molecule has 3 aromatic heterocycles. The zero-order valence-electron chi connectivity index (χ0n) is 14.3. The number of furan rings is 1. The van der Waals surface area contributed by atoms with Gasteiger partial charge in [-0.1, -0.05) is 0 Å². The van der Waals surface area contributed by atoms with Gasteiger partial charge in [-0.3, -0.25) is 14.8 Å². The molecular formula is C15H21IN8O. The van der Waals surface area contributed by atoms with Gasteiger partial charge in [-0.15, -0.1) is 29.1 Å². The Hall–Kier alpha value is -2.37. The fraction of sp³-hybridized carbons (Fsp3) is 0.333. The Labute approximate surface area is 162 Å². The van der Waals surface area contributed by atoms with Crippen LogP contribution in [0.25, 0.3) is 11.6 Å². The van der Waals surface area contributed by atoms with Gasteiger partial charge in [0.05, 0.1) is 19.0 Å². The highest BCUT2D eigenvalue weighted by molar-refractivity contribution is 14.0. The largest absolute Gasteiger partial charge is 0.461 e. The molecule has 10 heteroatoms. The molecule has 25 heavy (non-hydrogen) atoms. The van der Waals surface area contributed by atoms with Crippen LogP contribution in [0.4, 0.5) is 0 Å². The third-order valence-corrected chi connectivity index (χ3v) is 3.44. The van der Waals surface area contributed by atoms with E-state index in [0.717, 1.165) is 11.5 Å². The Kier molecular flexibility index (Phi) is 6.56. The van der Waals surface area contributed by atoms with Crippen LogP contribution in [0, 0.1) is 0 Å². The predicted molar refractivity (Wildman–Crippen MR) is 104 cm³/mol. The van der Waals surface area contributed by atoms with Crippen LogP contribution in [0.15, 0.2) is 40.2 Å². The van der Waals surface area contributed by atoms with Gasteiger partial charge in [0.1, 0.15) is 5.82 Å². The van der Waals surface area contributed by atoms with E-state index in [9.17, 15) is 0 Å². The second kappa shape index (κ2) is 8.65. The molecule has 0 aliphatic heterocycles. The second-order valence-corrected chi connectivity index (χ2v) is 5.36. The molecule has 0 bridgehead atoms. The molecule has 0 saturated carbocycles. The van der Waals surface area contributed by atoms with E-state index in [4.69, 9.17) is 4.42 Å². The summed E-state index contributed by atoms with van der Waals surface area (Å²) in [5.74, 6) is 2.64. The maximum atomic E-state index is 5.28. The second-order valence-electron chi connectivity index (χ2n) is 5.36. The fourth-order valence-electron chi connectivity index (χ4n) is 2.34. The number of hydrogen-bond donors (Lipinski definition) is 2. The van der Waals surface area contributed by atoms with E-state index in [2.05, 4.69) is 30.6 Å². The minimum absolute atomic E-state index is 0. The van der Waals surface area contributed by atoms with Crippen molar-refractivity contribution in [2.75, 3.05) is 14.1 Å². The molecule has 3 rings (SSSR count). The molecule has 9 nitrogen and oxygen atoms in total. The van der Waals surface area contributed by atoms with Crippen LogP contribution >= 0.6 is 24.0 Å². The van der Waals surface area contributed by atoms with Crippen molar-refractivity contribution in [3.05, 3.63) is 42.2 Å². The highest BCUT2D eigenvalue weighted by Crippen LogP contribution is 2.14. The third kappa shape index (κ3) is 4.81. The number of H-pyrrole nitrogens is 1. The van der Waals surface area contributed by atoms with Crippen molar-refractivity contribution < 1.29 is 4.42 Å². The van der Waals surface area contributed by atoms with Gasteiger partial charge >= 0.3 is 0 Å². The zero-order valence-corrected chi connectivity index (χ0v) is 16.6. The number of aromatic amines is 1. The van der Waals surface area contributed by atoms with Gasteiger partial charge in [0.2, 0.25) is 5.82 Å². The Morgan fingerprint density at radius 3 is 2.96 bits per heavy atom. The van der Waals surface area contributed by atoms with Crippen LogP contribution < -0.4 is 5.32 Å². The number of nitrogens with one attached hydrogen (secondary N) is 2. The average Bonchev–Trinajstić information content (AvgIpc) is 3.29. The molecular weight excluding hydrogens is 435 g/mol. The van der Waals surface area contributed by atoms with Crippen molar-refractivity contribution in [1.82, 2.24) is 35.2 Å². The van der Waals surface area contributed by atoms with Crippen molar-refractivity contribution >= 4 is 29.9 Å². The topological polar surface area (TPSA) is 100 Å². The van der Waals surface area contributed by atoms with Crippen LogP contribution in [-0.4, -0.2) is 49.9 Å². The molecule has 3 aromatic rings. The number of halogens is 1. The van der Waals surface area contributed by atoms with Gasteiger partial charge in [0.25, 0.3) is 0 Å². The lowest BCUT2D eigenvalue weighted by atomic mass is 10.3. The van der Waals surface area contributed by atoms with Crippen molar-refractivity contribution in [1.29, 1.82) is 0 Å². The van der Waals surface area contributed by atoms with Crippen LogP contribution in [0.2, 0.25) is 0 Å². The smallest absolute Gasteiger partial charge is 0.216 e. The molecule has 0 spiro atoms. The maximum absolute atomic E-state index is 5.28. The van der Waals surface area contributed by atoms with E-state index < -0.39 is 0 Å². The summed E-state index contributed by atoms with van der Waals surface area (Å²) in [5.41, 5.74) is 1.11. The van der Waals surface area contributed by atoms with Gasteiger partial charge < -0.3 is 14.6 Å². The monoisotopic (exact) mass is 456 g/mol. The van der Waals surface area contributed by atoms with Crippen molar-refractivity contribution in [3.63, 3.8) is 0 Å². The number of guanidine groups is 1. The van der Waals surface area contributed by atoms with Gasteiger partial charge in [-0.25, -0.2) is 4.98 Å². The number of aromatic nitrogens is 5. The van der Waals surface area contributed by atoms with Crippen molar-refractivity contribution in [3.8, 4) is 11.6 Å². The maximum Gasteiger partial charge on any atom is 0.216 e. The molecule has 134 valence electrons. The van der Waals surface area contributed by atoms with E-state index >= 15 is 0 Å². The normalized spacial score (nSPS) is 11.2. The van der Waals surface area contributed by atoms with Crippen molar-refractivity contribution in [2.24, 2.45) is 12.0 Å². The first-order chi connectivity index (χ1) is 11.7. The van der Waals surface area contributed by atoms with Crippen LogP contribution in [0.5, 0.6) is 0 Å². The van der Waals surface area contributed by atoms with E-state index in [1.54, 1.807) is 24.1 Å². The summed E-state index contributed by atoms with van der Waals surface area (Å²) in [4.78, 5) is 10.7. The van der Waals surface area contributed by atoms with Crippen LogP contribution in [-0.2, 0) is 20.1 Å². The van der Waals surface area contributed by atoms with Gasteiger partial charge in [0, 0.05) is 39.4 Å². The molecule has 0 atom stereocenters. The molecule has 0 amide bonds. The average molecular weight is 456 g/mol. The lowest BCUT2D eigenvalue weighted by molar-refractivity contribution is 0.475. The number of rotatable bonds is 5. The number of nitrogens with zero attached hydrogens (tertiary/aromatic N) is 6. The number of aliphatic imine (C=N–C) groups is 1. The van der Waals surface area contributed by atoms with E-state index in [0.29, 0.717) is 30.5 Å². The summed E-state index contributed by atoms with van der Waals surface area (Å²) in [6, 6.07) is 3.62. The summed E-state index contributed by atoms with van der Waals surface area (Å²) in [6.07, 6.45) is 5.42. The summed E-state index contributed by atoms with van der Waals surface area (Å²) in [5, 5.41) is 14.5. The SMILES string of the molecule is CN=C(NCc1nc(-c2ccco2)n[nH]1)N(C)Cc1cnn(C)c1.I. The molecule has 0 radical (unpaired) electrons. The standard InChI is InChI=1S/C15H20N8O.HI/c1-16-15(22(2)9-11-7-18-23(3)10-11)17-8-13-19-14(21-20-13)12-5-4-6-24-12;/h4-7,10H,8-9H2,1-3H3,(H,16,17)(H,19,20,21);1H. The molecule has 0 fully saturated rings. The van der Waals surface area contributed by atoms with Crippen molar-refractivity contribution in [2.45, 2.75) is 13.1 Å². The molecule has 0 aliphatic carbocycles. The first-order valence-electron chi connectivity index (χ1n) is 7.50. The number of hydrogen-bond acceptors (Lipinski definition) is 5. The minimum atomic E-state index is 0. The molecule has 0 aromatic carbocycles. The lowest BCUT2D eigenvalue weighted by Gasteiger charge is -2.20. The fourth-order valence-corrected chi connectivity index (χ4v) is 2.34. The van der Waals surface area contributed by atoms with Crippen LogP contribution in [0.3, 0.4) is 0 Å². The Morgan fingerprint density at radius 2 is 2.32 bits per heavy atom. The summed E-state index contributed by atoms with van der Waals surface area (Å²) in [6.45, 7) is 1.19. The Bertz CT molecular complexity index is 807. The summed E-state index contributed by atoms with van der Waals surface area (Å²) < 4.78 is 7.06. The molecule has 3 heterocycles. The first-order valence-corrected chi connectivity index (χ1v) is 7.50. The third-order valence-electron chi connectivity index (χ3n) is 3.44. The molecule has 0 unspecified atom stereocenters.